The smallest absolute Gasteiger partial charge is 0.475 e. The van der Waals surface area contributed by atoms with Gasteiger partial charge in [-0.05, 0) is 38.2 Å². The monoisotopic (exact) mass is 778 g/mol. The van der Waals surface area contributed by atoms with Crippen molar-refractivity contribution < 1.29 is 66.3 Å². The molecule has 1 aromatic carbocycles. The van der Waals surface area contributed by atoms with E-state index in [9.17, 15) is 37.5 Å². The predicted octanol–water partition coefficient (Wildman–Crippen LogP) is 3.02. The van der Waals surface area contributed by atoms with E-state index in [4.69, 9.17) is 28.8 Å². The Kier molecular flexibility index (Phi) is 19.4. The van der Waals surface area contributed by atoms with E-state index in [-0.39, 0.29) is 30.7 Å². The second kappa shape index (κ2) is 21.8. The summed E-state index contributed by atoms with van der Waals surface area (Å²) >= 11 is 0. The molecule has 0 spiro atoms. The zero-order valence-corrected chi connectivity index (χ0v) is 32.6. The summed E-state index contributed by atoms with van der Waals surface area (Å²) in [5.74, 6) is -4.43. The fourth-order valence-electron chi connectivity index (χ4n) is 5.70. The van der Waals surface area contributed by atoms with Crippen molar-refractivity contribution in [3.8, 4) is 0 Å². The van der Waals surface area contributed by atoms with Gasteiger partial charge in [0, 0.05) is 34.4 Å². The highest BCUT2D eigenvalue weighted by Gasteiger charge is 2.49. The van der Waals surface area contributed by atoms with Gasteiger partial charge in [0.15, 0.2) is 6.10 Å². The standard InChI is InChI=1S/C34H56N4O9.C2HF3O2/c1-11-21(4)27(38(8)32(42)26(20(2)3)37-33(43)47-34(5,6)7)23(39)17-25(40)35-19-24-28(44-9)29(45-10)30(46-24)31(41)36-18-22-15-13-12-14-16-22;3-2(4,5)1(6)7/h12-16,20-21,23-24,26-30,39H,11,17-19H2,1-10H3,(H,35,40)(H,36,41)(H,37,43);(H,6,7)/t21-,23+,24+,26-,27-,28+,29-,30-;/m0./s1. The number of hydrogen-bond acceptors (Lipinski definition) is 10. The van der Waals surface area contributed by atoms with E-state index in [0.717, 1.165) is 5.56 Å². The zero-order valence-electron chi connectivity index (χ0n) is 32.6. The van der Waals surface area contributed by atoms with Crippen LogP contribution in [0.4, 0.5) is 18.0 Å². The number of amides is 4. The molecule has 5 N–H and O–H groups in total. The molecule has 0 bridgehead atoms. The van der Waals surface area contributed by atoms with E-state index < -0.39 is 78.3 Å². The predicted molar refractivity (Wildman–Crippen MR) is 190 cm³/mol. The van der Waals surface area contributed by atoms with Gasteiger partial charge in [0.05, 0.1) is 18.6 Å². The van der Waals surface area contributed by atoms with Crippen molar-refractivity contribution in [2.45, 2.75) is 122 Å². The van der Waals surface area contributed by atoms with Gasteiger partial charge >= 0.3 is 18.2 Å². The molecule has 0 radical (unpaired) electrons. The van der Waals surface area contributed by atoms with Crippen LogP contribution in [0.3, 0.4) is 0 Å². The molecule has 1 aromatic rings. The quantitative estimate of drug-likeness (QED) is 0.165. The Hall–Kier alpha value is -4.00. The number of halogens is 3. The van der Waals surface area contributed by atoms with Crippen molar-refractivity contribution in [1.29, 1.82) is 0 Å². The Balaban J connectivity index is 0.00000189. The van der Waals surface area contributed by atoms with Crippen LogP contribution >= 0.6 is 0 Å². The molecule has 308 valence electrons. The molecular formula is C36H57F3N4O11. The summed E-state index contributed by atoms with van der Waals surface area (Å²) in [6.45, 7) is 13.0. The number of carboxylic acids is 1. The number of carbonyl (C=O) groups is 5. The van der Waals surface area contributed by atoms with E-state index in [0.29, 0.717) is 13.0 Å². The van der Waals surface area contributed by atoms with E-state index in [1.54, 1.807) is 41.7 Å². The highest BCUT2D eigenvalue weighted by molar-refractivity contribution is 5.86. The van der Waals surface area contributed by atoms with Crippen LogP contribution in [0.2, 0.25) is 0 Å². The lowest BCUT2D eigenvalue weighted by Gasteiger charge is -2.38. The van der Waals surface area contributed by atoms with Gasteiger partial charge in [0.2, 0.25) is 11.8 Å². The molecule has 54 heavy (non-hydrogen) atoms. The normalized spacial score (nSPS) is 20.7. The van der Waals surface area contributed by atoms with Crippen molar-refractivity contribution in [3.05, 3.63) is 35.9 Å². The van der Waals surface area contributed by atoms with Crippen LogP contribution < -0.4 is 16.0 Å². The molecule has 1 heterocycles. The molecule has 0 aliphatic carbocycles. The first-order valence-corrected chi connectivity index (χ1v) is 17.5. The van der Waals surface area contributed by atoms with E-state index in [1.807, 2.05) is 44.2 Å². The number of aliphatic hydroxyl groups excluding tert-OH is 1. The first-order valence-electron chi connectivity index (χ1n) is 17.5. The number of aliphatic hydroxyl groups is 1. The molecule has 0 unspecified atom stereocenters. The molecule has 1 aliphatic heterocycles. The number of carboxylic acid groups (broad SMARTS) is 1. The third-order valence-corrected chi connectivity index (χ3v) is 8.58. The molecule has 0 aromatic heterocycles. The Morgan fingerprint density at radius 1 is 0.963 bits per heavy atom. The second-order valence-corrected chi connectivity index (χ2v) is 14.3. The number of aliphatic carboxylic acids is 1. The average molecular weight is 779 g/mol. The number of benzene rings is 1. The lowest BCUT2D eigenvalue weighted by atomic mass is 9.90. The number of likely N-dealkylation sites (N-methyl/N-ethyl adjacent to an activating group) is 1. The number of nitrogens with one attached hydrogen (secondary N) is 3. The number of nitrogens with zero attached hydrogens (tertiary/aromatic N) is 1. The number of hydrogen-bond donors (Lipinski definition) is 5. The van der Waals surface area contributed by atoms with Gasteiger partial charge in [0.25, 0.3) is 5.91 Å². The lowest BCUT2D eigenvalue weighted by molar-refractivity contribution is -0.192. The summed E-state index contributed by atoms with van der Waals surface area (Å²) in [6.07, 6.45) is -9.67. The zero-order chi connectivity index (χ0) is 41.6. The van der Waals surface area contributed by atoms with E-state index in [1.165, 1.54) is 19.1 Å². The first-order chi connectivity index (χ1) is 25.0. The molecule has 4 amide bonds. The highest BCUT2D eigenvalue weighted by Crippen LogP contribution is 2.27. The van der Waals surface area contributed by atoms with Gasteiger partial charge in [-0.1, -0.05) is 64.4 Å². The number of alkyl halides is 3. The summed E-state index contributed by atoms with van der Waals surface area (Å²) < 4.78 is 54.3. The summed E-state index contributed by atoms with van der Waals surface area (Å²) in [6, 6.07) is 7.84. The molecule has 2 rings (SSSR count). The van der Waals surface area contributed by atoms with Gasteiger partial charge in [-0.2, -0.15) is 13.2 Å². The van der Waals surface area contributed by atoms with Crippen molar-refractivity contribution in [2.24, 2.45) is 11.8 Å². The minimum atomic E-state index is -5.08. The van der Waals surface area contributed by atoms with Crippen LogP contribution in [0, 0.1) is 11.8 Å². The third-order valence-electron chi connectivity index (χ3n) is 8.58. The Labute approximate surface area is 314 Å². The number of ether oxygens (including phenoxy) is 4. The maximum Gasteiger partial charge on any atom is 0.490 e. The van der Waals surface area contributed by atoms with E-state index in [2.05, 4.69) is 16.0 Å². The Morgan fingerprint density at radius 2 is 1.52 bits per heavy atom. The maximum atomic E-state index is 13.6. The maximum absolute atomic E-state index is 13.6. The highest BCUT2D eigenvalue weighted by atomic mass is 19.4. The largest absolute Gasteiger partial charge is 0.490 e. The summed E-state index contributed by atoms with van der Waals surface area (Å²) in [5, 5.41) is 26.7. The number of methoxy groups -OCH3 is 2. The minimum Gasteiger partial charge on any atom is -0.475 e. The van der Waals surface area contributed by atoms with Crippen LogP contribution in [0.15, 0.2) is 30.3 Å². The topological polar surface area (TPSA) is 202 Å². The molecule has 1 saturated heterocycles. The fourth-order valence-corrected chi connectivity index (χ4v) is 5.70. The number of alkyl carbamates (subject to hydrolysis) is 1. The van der Waals surface area contributed by atoms with Gasteiger partial charge < -0.3 is 50.0 Å². The molecule has 18 heteroatoms. The fraction of sp³-hybridized carbons (Fsp3) is 0.694. The first kappa shape index (κ1) is 48.0. The molecule has 0 saturated carbocycles. The SMILES string of the molecule is CC[C@H](C)[C@@H]([C@H](O)CC(=O)NC[C@H]1O[C@H](C(=O)NCc2ccccc2)[C@@H](OC)[C@@H]1OC)N(C)C(=O)[C@@H](NC(=O)OC(C)(C)C)C(C)C.O=C(O)C(F)(F)F. The number of carbonyl (C=O) groups excluding carboxylic acids is 4. The molecule has 15 nitrogen and oxygen atoms in total. The van der Waals surface area contributed by atoms with E-state index >= 15 is 0 Å². The molecule has 8 atom stereocenters. The summed E-state index contributed by atoms with van der Waals surface area (Å²) in [7, 11) is 4.51. The van der Waals surface area contributed by atoms with Crippen LogP contribution in [0.5, 0.6) is 0 Å². The molecule has 1 fully saturated rings. The average Bonchev–Trinajstić information content (AvgIpc) is 3.45. The van der Waals surface area contributed by atoms with Crippen molar-refractivity contribution in [3.63, 3.8) is 0 Å². The minimum absolute atomic E-state index is 0.00435. The Bertz CT molecular complexity index is 1360. The Morgan fingerprint density at radius 3 is 1.98 bits per heavy atom. The third kappa shape index (κ3) is 15.4. The molecular weight excluding hydrogens is 721 g/mol. The summed E-state index contributed by atoms with van der Waals surface area (Å²) in [5.41, 5.74) is 0.191. The van der Waals surface area contributed by atoms with Crippen molar-refractivity contribution in [2.75, 3.05) is 27.8 Å². The van der Waals surface area contributed by atoms with Crippen molar-refractivity contribution >= 4 is 29.8 Å². The van der Waals surface area contributed by atoms with Crippen LogP contribution in [-0.4, -0.2) is 127 Å². The second-order valence-electron chi connectivity index (χ2n) is 14.3. The van der Waals surface area contributed by atoms with Gasteiger partial charge in [-0.25, -0.2) is 9.59 Å². The van der Waals surface area contributed by atoms with Gasteiger partial charge in [-0.15, -0.1) is 0 Å². The molecule has 1 aliphatic rings. The lowest BCUT2D eigenvalue weighted by Crippen LogP contribution is -2.57. The number of rotatable bonds is 16. The van der Waals surface area contributed by atoms with Gasteiger partial charge in [-0.3, -0.25) is 14.4 Å². The van der Waals surface area contributed by atoms with Crippen LogP contribution in [0.25, 0.3) is 0 Å². The van der Waals surface area contributed by atoms with Crippen LogP contribution in [0.1, 0.15) is 66.9 Å². The van der Waals surface area contributed by atoms with Gasteiger partial charge in [0.1, 0.15) is 30.0 Å². The summed E-state index contributed by atoms with van der Waals surface area (Å²) in [4.78, 5) is 62.6. The van der Waals surface area contributed by atoms with Crippen molar-refractivity contribution in [1.82, 2.24) is 20.9 Å². The van der Waals surface area contributed by atoms with Crippen LogP contribution in [-0.2, 0) is 44.7 Å².